The zero-order valence-corrected chi connectivity index (χ0v) is 25.1. The van der Waals surface area contributed by atoms with Crippen molar-refractivity contribution in [1.29, 1.82) is 0 Å². The molecule has 44 heavy (non-hydrogen) atoms. The molecule has 8 nitrogen and oxygen atoms in total. The molecule has 3 atom stereocenters. The molecule has 1 aliphatic carbocycles. The maximum Gasteiger partial charge on any atom is 0.272 e. The van der Waals surface area contributed by atoms with Crippen molar-refractivity contribution in [3.05, 3.63) is 124 Å². The minimum Gasteiger partial charge on any atom is -0.487 e. The van der Waals surface area contributed by atoms with Crippen molar-refractivity contribution in [3.63, 3.8) is 0 Å². The predicted molar refractivity (Wildman–Crippen MR) is 170 cm³/mol. The van der Waals surface area contributed by atoms with E-state index in [1.165, 1.54) is 22.4 Å². The van der Waals surface area contributed by atoms with Gasteiger partial charge in [-0.1, -0.05) is 67.6 Å². The molecule has 3 N–H and O–H groups in total. The van der Waals surface area contributed by atoms with E-state index >= 15 is 0 Å². The van der Waals surface area contributed by atoms with Gasteiger partial charge >= 0.3 is 0 Å². The van der Waals surface area contributed by atoms with Crippen LogP contribution in [0.3, 0.4) is 0 Å². The molecule has 3 aromatic carbocycles. The number of hydrogen-bond donors (Lipinski definition) is 3. The summed E-state index contributed by atoms with van der Waals surface area (Å²) in [4.78, 5) is 26.1. The molecule has 0 bridgehead atoms. The number of amides is 1. The van der Waals surface area contributed by atoms with Crippen LogP contribution >= 0.6 is 0 Å². The van der Waals surface area contributed by atoms with Crippen LogP contribution in [0.25, 0.3) is 5.69 Å². The number of para-hydroxylation sites is 1. The van der Waals surface area contributed by atoms with Crippen LogP contribution in [0.1, 0.15) is 72.2 Å². The Balaban J connectivity index is 1.22. The zero-order chi connectivity index (χ0) is 30.5. The van der Waals surface area contributed by atoms with E-state index in [2.05, 4.69) is 40.9 Å². The third kappa shape index (κ3) is 6.61. The van der Waals surface area contributed by atoms with Gasteiger partial charge in [0.05, 0.1) is 17.8 Å². The second-order valence-corrected chi connectivity index (χ2v) is 12.0. The van der Waals surface area contributed by atoms with Crippen molar-refractivity contribution >= 4 is 5.91 Å². The summed E-state index contributed by atoms with van der Waals surface area (Å²) in [5.41, 5.74) is 3.54. The first-order valence-corrected chi connectivity index (χ1v) is 15.7. The second kappa shape index (κ2) is 13.2. The number of ether oxygens (including phenoxy) is 1. The van der Waals surface area contributed by atoms with Gasteiger partial charge in [0.25, 0.3) is 11.5 Å². The van der Waals surface area contributed by atoms with Gasteiger partial charge in [-0.25, -0.2) is 0 Å². The van der Waals surface area contributed by atoms with Gasteiger partial charge in [0, 0.05) is 30.6 Å². The number of aliphatic hydroxyl groups is 1. The lowest BCUT2D eigenvalue weighted by Gasteiger charge is -2.41. The van der Waals surface area contributed by atoms with Crippen molar-refractivity contribution in [2.24, 2.45) is 0 Å². The molecule has 1 spiro atoms. The standard InChI is InChI=1S/C36H40N4O4/c1-2-25-15-17-33-28(21-25)31(23-36(44-33)19-9-10-20-36)37-24-32(41)30(22-26-11-5-3-6-12-26)38-35(43)29-16-18-34(42)40(39-29)27-13-7-4-8-14-27/h3-8,11-18,21,30-32,37,41H,2,9-10,19-20,22-24H2,1H3,(H,38,43)/t30-,31-,32+/m0/s1. The van der Waals surface area contributed by atoms with Gasteiger partial charge in [0.2, 0.25) is 0 Å². The highest BCUT2D eigenvalue weighted by molar-refractivity contribution is 5.92. The summed E-state index contributed by atoms with van der Waals surface area (Å²) < 4.78 is 7.82. The first kappa shape index (κ1) is 29.8. The largest absolute Gasteiger partial charge is 0.487 e. The van der Waals surface area contributed by atoms with E-state index in [1.54, 1.807) is 12.1 Å². The third-order valence-corrected chi connectivity index (χ3v) is 8.96. The number of benzene rings is 3. The van der Waals surface area contributed by atoms with Gasteiger partial charge in [-0.05, 0) is 73.9 Å². The predicted octanol–water partition coefficient (Wildman–Crippen LogP) is 4.92. The fourth-order valence-electron chi connectivity index (χ4n) is 6.53. The number of nitrogens with one attached hydrogen (secondary N) is 2. The molecular formula is C36H40N4O4. The van der Waals surface area contributed by atoms with E-state index in [4.69, 9.17) is 4.74 Å². The molecule has 0 radical (unpaired) electrons. The van der Waals surface area contributed by atoms with Crippen molar-refractivity contribution < 1.29 is 14.6 Å². The van der Waals surface area contributed by atoms with Crippen LogP contribution in [-0.4, -0.2) is 45.1 Å². The van der Waals surface area contributed by atoms with Crippen LogP contribution in [0.2, 0.25) is 0 Å². The number of hydrogen-bond acceptors (Lipinski definition) is 6. The Bertz CT molecular complexity index is 1630. The first-order chi connectivity index (χ1) is 21.4. The Morgan fingerprint density at radius 2 is 1.73 bits per heavy atom. The lowest BCUT2D eigenvalue weighted by Crippen LogP contribution is -2.50. The Morgan fingerprint density at radius 3 is 2.45 bits per heavy atom. The van der Waals surface area contributed by atoms with E-state index in [-0.39, 0.29) is 29.4 Å². The highest BCUT2D eigenvalue weighted by Crippen LogP contribution is 2.47. The van der Waals surface area contributed by atoms with E-state index in [0.29, 0.717) is 12.1 Å². The number of aromatic nitrogens is 2. The minimum absolute atomic E-state index is 0.0298. The number of carbonyl (C=O) groups is 1. The molecule has 6 rings (SSSR count). The SMILES string of the molecule is CCc1ccc2c(c1)[C@@H](NC[C@@H](O)[C@H](Cc1ccccc1)NC(=O)c1ccc(=O)n(-c3ccccc3)n1)CC1(CCCC1)O2. The number of fused-ring (bicyclic) bond motifs is 1. The van der Waals surface area contributed by atoms with Crippen molar-refractivity contribution in [3.8, 4) is 11.4 Å². The molecule has 0 unspecified atom stereocenters. The molecule has 8 heteroatoms. The van der Waals surface area contributed by atoms with Crippen molar-refractivity contribution in [1.82, 2.24) is 20.4 Å². The van der Waals surface area contributed by atoms with Crippen LogP contribution in [0, 0.1) is 0 Å². The normalized spacial score (nSPS) is 18.3. The molecular weight excluding hydrogens is 552 g/mol. The fourth-order valence-corrected chi connectivity index (χ4v) is 6.53. The molecule has 1 amide bonds. The number of rotatable bonds is 10. The van der Waals surface area contributed by atoms with Crippen LogP contribution in [0.15, 0.2) is 95.8 Å². The highest BCUT2D eigenvalue weighted by Gasteiger charge is 2.43. The zero-order valence-electron chi connectivity index (χ0n) is 25.1. The van der Waals surface area contributed by atoms with Crippen molar-refractivity contribution in [2.75, 3.05) is 6.54 Å². The Labute approximate surface area is 258 Å². The average Bonchev–Trinajstić information content (AvgIpc) is 3.51. The summed E-state index contributed by atoms with van der Waals surface area (Å²) in [5.74, 6) is 0.472. The van der Waals surface area contributed by atoms with Gasteiger partial charge in [-0.3, -0.25) is 9.59 Å². The van der Waals surface area contributed by atoms with Gasteiger partial charge in [-0.2, -0.15) is 9.78 Å². The summed E-state index contributed by atoms with van der Waals surface area (Å²) in [6.07, 6.45) is 5.72. The van der Waals surface area contributed by atoms with Crippen LogP contribution in [0.5, 0.6) is 5.75 Å². The van der Waals surface area contributed by atoms with Gasteiger partial charge in [-0.15, -0.1) is 0 Å². The lowest BCUT2D eigenvalue weighted by molar-refractivity contribution is 0.0326. The van der Waals surface area contributed by atoms with Crippen LogP contribution in [-0.2, 0) is 12.8 Å². The Hall–Kier alpha value is -4.27. The topological polar surface area (TPSA) is 105 Å². The average molecular weight is 593 g/mol. The molecule has 0 saturated heterocycles. The molecule has 1 aromatic heterocycles. The Morgan fingerprint density at radius 1 is 1.00 bits per heavy atom. The summed E-state index contributed by atoms with van der Waals surface area (Å²) in [5, 5.41) is 22.6. The molecule has 2 aliphatic rings. The van der Waals surface area contributed by atoms with Gasteiger partial charge in [0.1, 0.15) is 17.0 Å². The summed E-state index contributed by atoms with van der Waals surface area (Å²) in [6, 6.07) is 27.4. The maximum absolute atomic E-state index is 13.5. The van der Waals surface area contributed by atoms with E-state index < -0.39 is 18.1 Å². The first-order valence-electron chi connectivity index (χ1n) is 15.7. The van der Waals surface area contributed by atoms with E-state index in [9.17, 15) is 14.7 Å². The number of aryl methyl sites for hydroxylation is 1. The monoisotopic (exact) mass is 592 g/mol. The summed E-state index contributed by atoms with van der Waals surface area (Å²) in [7, 11) is 0. The quantitative estimate of drug-likeness (QED) is 0.241. The Kier molecular flexibility index (Phi) is 8.91. The fraction of sp³-hybridized carbons (Fsp3) is 0.361. The van der Waals surface area contributed by atoms with Crippen molar-refractivity contribution in [2.45, 2.75) is 75.7 Å². The molecule has 1 saturated carbocycles. The van der Waals surface area contributed by atoms with Crippen LogP contribution < -0.4 is 20.9 Å². The number of carbonyl (C=O) groups excluding carboxylic acids is 1. The lowest BCUT2D eigenvalue weighted by atomic mass is 9.85. The van der Waals surface area contributed by atoms with E-state index in [1.807, 2.05) is 48.5 Å². The maximum atomic E-state index is 13.5. The molecule has 2 heterocycles. The highest BCUT2D eigenvalue weighted by atomic mass is 16.5. The van der Waals surface area contributed by atoms with Gasteiger partial charge in [0.15, 0.2) is 0 Å². The second-order valence-electron chi connectivity index (χ2n) is 12.0. The van der Waals surface area contributed by atoms with Gasteiger partial charge < -0.3 is 20.5 Å². The number of aliphatic hydroxyl groups excluding tert-OH is 1. The third-order valence-electron chi connectivity index (χ3n) is 8.96. The molecule has 1 fully saturated rings. The molecule has 228 valence electrons. The summed E-state index contributed by atoms with van der Waals surface area (Å²) >= 11 is 0. The van der Waals surface area contributed by atoms with E-state index in [0.717, 1.165) is 55.4 Å². The molecule has 1 aliphatic heterocycles. The summed E-state index contributed by atoms with van der Waals surface area (Å²) in [6.45, 7) is 2.43. The smallest absolute Gasteiger partial charge is 0.272 e. The minimum atomic E-state index is -0.889. The van der Waals surface area contributed by atoms with Crippen LogP contribution in [0.4, 0.5) is 0 Å². The molecule has 4 aromatic rings. The number of nitrogens with zero attached hydrogens (tertiary/aromatic N) is 2.